The molecule has 0 aromatic heterocycles. The zero-order chi connectivity index (χ0) is 8.43. The Labute approximate surface area is 100 Å². The topological polar surface area (TPSA) is 20.2 Å². The minimum absolute atomic E-state index is 0. The van der Waals surface area contributed by atoms with Crippen LogP contribution in [0.3, 0.4) is 0 Å². The summed E-state index contributed by atoms with van der Waals surface area (Å²) in [5.41, 5.74) is -0.271. The molecule has 0 radical (unpaired) electrons. The first-order chi connectivity index (χ1) is 5.13. The van der Waals surface area contributed by atoms with E-state index in [1.807, 2.05) is 0 Å². The van der Waals surface area contributed by atoms with Crippen LogP contribution >= 0.6 is 0 Å². The second kappa shape index (κ2) is 6.54. The third kappa shape index (κ3) is 3.77. The van der Waals surface area contributed by atoms with Gasteiger partial charge in [0.1, 0.15) is 11.6 Å². The second-order valence-electron chi connectivity index (χ2n) is 2.31. The van der Waals surface area contributed by atoms with Crippen LogP contribution in [0.4, 0.5) is 8.78 Å². The Morgan fingerprint density at radius 1 is 1.23 bits per heavy atom. The van der Waals surface area contributed by atoms with Gasteiger partial charge in [0.05, 0.1) is 11.7 Å². The van der Waals surface area contributed by atoms with Crippen LogP contribution in [-0.4, -0.2) is 13.5 Å². The number of halogens is 2. The van der Waals surface area contributed by atoms with Crippen molar-refractivity contribution >= 4 is 8.41 Å². The normalized spacial score (nSPS) is 11.1. The molecule has 0 aliphatic carbocycles. The van der Waals surface area contributed by atoms with Crippen molar-refractivity contribution in [3.63, 3.8) is 0 Å². The number of rotatable bonds is 1. The van der Waals surface area contributed by atoms with Crippen LogP contribution in [0.25, 0.3) is 0 Å². The van der Waals surface area contributed by atoms with Crippen LogP contribution < -0.4 is 29.6 Å². The summed E-state index contributed by atoms with van der Waals surface area (Å²) in [5, 5.41) is 8.91. The molecule has 5 heteroatoms. The second-order valence-corrected chi connectivity index (χ2v) is 2.31. The van der Waals surface area contributed by atoms with E-state index >= 15 is 0 Å². The van der Waals surface area contributed by atoms with Gasteiger partial charge in [-0.1, -0.05) is 14.5 Å². The molecule has 1 unspecified atom stereocenters. The molecule has 0 spiro atoms. The van der Waals surface area contributed by atoms with Crippen molar-refractivity contribution < 1.29 is 43.4 Å². The molecule has 1 aromatic rings. The van der Waals surface area contributed by atoms with Crippen molar-refractivity contribution in [1.82, 2.24) is 0 Å². The van der Waals surface area contributed by atoms with E-state index in [2.05, 4.69) is 0 Å². The molecule has 0 amide bonds. The molecule has 1 aromatic carbocycles. The SMILES string of the molecule is CC(O)c1c(F)cccc1F.[BH4-].[Na+]. The number of hydrogen-bond acceptors (Lipinski definition) is 1. The Bertz CT molecular complexity index is 248. The molecular weight excluding hydrogens is 184 g/mol. The van der Waals surface area contributed by atoms with Crippen LogP contribution in [0, 0.1) is 11.6 Å². The quantitative estimate of drug-likeness (QED) is 0.495. The van der Waals surface area contributed by atoms with Gasteiger partial charge in [0, 0.05) is 0 Å². The van der Waals surface area contributed by atoms with E-state index in [4.69, 9.17) is 5.11 Å². The summed E-state index contributed by atoms with van der Waals surface area (Å²) in [7, 11) is 0. The van der Waals surface area contributed by atoms with Gasteiger partial charge in [-0.15, -0.1) is 0 Å². The van der Waals surface area contributed by atoms with Crippen LogP contribution in [0.5, 0.6) is 0 Å². The van der Waals surface area contributed by atoms with Crippen LogP contribution in [0.1, 0.15) is 18.6 Å². The summed E-state index contributed by atoms with van der Waals surface area (Å²) in [5.74, 6) is -1.42. The average Bonchev–Trinajstić information content (AvgIpc) is 1.85. The fraction of sp³-hybridized carbons (Fsp3) is 0.250. The molecule has 13 heavy (non-hydrogen) atoms. The Kier molecular flexibility index (Phi) is 7.84. The molecule has 0 heterocycles. The molecule has 0 saturated carbocycles. The van der Waals surface area contributed by atoms with Gasteiger partial charge in [-0.2, -0.15) is 0 Å². The molecule has 0 fully saturated rings. The van der Waals surface area contributed by atoms with Crippen LogP contribution in [-0.2, 0) is 0 Å². The van der Waals surface area contributed by atoms with Gasteiger partial charge in [-0.05, 0) is 19.1 Å². The molecule has 0 bridgehead atoms. The summed E-state index contributed by atoms with van der Waals surface area (Å²) < 4.78 is 25.4. The maximum absolute atomic E-state index is 12.7. The number of hydrogen-bond donors (Lipinski definition) is 1. The minimum Gasteiger partial charge on any atom is -0.388 e. The van der Waals surface area contributed by atoms with E-state index in [9.17, 15) is 8.78 Å². The predicted octanol–water partition coefficient (Wildman–Crippen LogP) is -2.43. The molecule has 1 rings (SSSR count). The van der Waals surface area contributed by atoms with Crippen LogP contribution in [0.2, 0.25) is 0 Å². The number of aliphatic hydroxyl groups excluding tert-OH is 1. The van der Waals surface area contributed by atoms with Gasteiger partial charge in [0.15, 0.2) is 0 Å². The number of aliphatic hydroxyl groups is 1. The van der Waals surface area contributed by atoms with E-state index in [0.29, 0.717) is 0 Å². The van der Waals surface area contributed by atoms with Crippen molar-refractivity contribution in [1.29, 1.82) is 0 Å². The van der Waals surface area contributed by atoms with Crippen molar-refractivity contribution in [3.05, 3.63) is 35.4 Å². The maximum Gasteiger partial charge on any atom is 1.00 e. The smallest absolute Gasteiger partial charge is 0.388 e. The molecular formula is C8H12BF2NaO. The Balaban J connectivity index is 0. The van der Waals surface area contributed by atoms with Crippen molar-refractivity contribution in [2.75, 3.05) is 0 Å². The van der Waals surface area contributed by atoms with E-state index < -0.39 is 17.7 Å². The van der Waals surface area contributed by atoms with E-state index in [0.717, 1.165) is 12.1 Å². The molecule has 1 atom stereocenters. The van der Waals surface area contributed by atoms with Gasteiger partial charge in [0.2, 0.25) is 0 Å². The fourth-order valence-corrected chi connectivity index (χ4v) is 0.910. The van der Waals surface area contributed by atoms with Crippen molar-refractivity contribution in [3.8, 4) is 0 Å². The Hall–Kier alpha value is 0.105. The molecule has 68 valence electrons. The third-order valence-corrected chi connectivity index (χ3v) is 1.42. The van der Waals surface area contributed by atoms with Gasteiger partial charge >= 0.3 is 29.6 Å². The summed E-state index contributed by atoms with van der Waals surface area (Å²) in [6.07, 6.45) is -1.10. The minimum atomic E-state index is -1.10. The standard InChI is InChI=1S/C8H8F2O.BH4.Na/c1-5(11)8-6(9)3-2-4-7(8)10;;/h2-5,11H,1H3;1H4;/q;-1;+1. The van der Waals surface area contributed by atoms with Crippen molar-refractivity contribution in [2.24, 2.45) is 0 Å². The van der Waals surface area contributed by atoms with E-state index in [1.54, 1.807) is 0 Å². The third-order valence-electron chi connectivity index (χ3n) is 1.42. The van der Waals surface area contributed by atoms with E-state index in [-0.39, 0.29) is 43.5 Å². The maximum atomic E-state index is 12.7. The first-order valence-electron chi connectivity index (χ1n) is 3.25. The van der Waals surface area contributed by atoms with Gasteiger partial charge in [-0.3, -0.25) is 0 Å². The van der Waals surface area contributed by atoms with Gasteiger partial charge < -0.3 is 5.11 Å². The molecule has 1 N–H and O–H groups in total. The average molecular weight is 196 g/mol. The van der Waals surface area contributed by atoms with Gasteiger partial charge in [-0.25, -0.2) is 8.78 Å². The Morgan fingerprint density at radius 2 is 1.62 bits per heavy atom. The van der Waals surface area contributed by atoms with Crippen LogP contribution in [0.15, 0.2) is 18.2 Å². The first kappa shape index (κ1) is 15.6. The van der Waals surface area contributed by atoms with Gasteiger partial charge in [0.25, 0.3) is 0 Å². The Morgan fingerprint density at radius 3 is 1.85 bits per heavy atom. The molecule has 0 aliphatic heterocycles. The molecule has 0 aliphatic rings. The molecule has 0 saturated heterocycles. The van der Waals surface area contributed by atoms with Crippen molar-refractivity contribution in [2.45, 2.75) is 13.0 Å². The zero-order valence-corrected chi connectivity index (χ0v) is 9.01. The number of benzene rings is 1. The zero-order valence-electron chi connectivity index (χ0n) is 7.01. The monoisotopic (exact) mass is 196 g/mol. The first-order valence-corrected chi connectivity index (χ1v) is 3.25. The summed E-state index contributed by atoms with van der Waals surface area (Å²) in [6, 6.07) is 3.49. The fourth-order valence-electron chi connectivity index (χ4n) is 0.910. The predicted molar refractivity (Wildman–Crippen MR) is 48.3 cm³/mol. The summed E-state index contributed by atoms with van der Waals surface area (Å²) in [4.78, 5) is 0. The van der Waals surface area contributed by atoms with E-state index in [1.165, 1.54) is 13.0 Å². The summed E-state index contributed by atoms with van der Waals surface area (Å²) in [6.45, 7) is 1.32. The summed E-state index contributed by atoms with van der Waals surface area (Å²) >= 11 is 0. The molecule has 1 nitrogen and oxygen atoms in total. The largest absolute Gasteiger partial charge is 1.00 e.